The fraction of sp³-hybridized carbons (Fsp3) is 0.647. The van der Waals surface area contributed by atoms with Crippen molar-refractivity contribution in [3.63, 3.8) is 0 Å². The van der Waals surface area contributed by atoms with Crippen molar-refractivity contribution in [1.82, 2.24) is 15.6 Å². The van der Waals surface area contributed by atoms with Gasteiger partial charge in [0.15, 0.2) is 5.96 Å². The molecule has 0 aliphatic carbocycles. The number of hydrogen-bond donors (Lipinski definition) is 2. The van der Waals surface area contributed by atoms with E-state index in [9.17, 15) is 0 Å². The predicted molar refractivity (Wildman–Crippen MR) is 90.5 cm³/mol. The van der Waals surface area contributed by atoms with Crippen LogP contribution in [-0.4, -0.2) is 24.0 Å². The molecule has 0 aliphatic heterocycles. The molecular formula is C17H30N4. The Labute approximate surface area is 129 Å². The molecule has 0 saturated carbocycles. The highest BCUT2D eigenvalue weighted by atomic mass is 15.2. The van der Waals surface area contributed by atoms with Gasteiger partial charge in [0.25, 0.3) is 0 Å². The Morgan fingerprint density at radius 2 is 2.10 bits per heavy atom. The van der Waals surface area contributed by atoms with Gasteiger partial charge >= 0.3 is 0 Å². The largest absolute Gasteiger partial charge is 0.354 e. The van der Waals surface area contributed by atoms with Crippen molar-refractivity contribution in [2.75, 3.05) is 7.05 Å². The number of hydrogen-bond acceptors (Lipinski definition) is 2. The number of nitrogens with one attached hydrogen (secondary N) is 2. The third-order valence-corrected chi connectivity index (χ3v) is 3.48. The maximum Gasteiger partial charge on any atom is 0.191 e. The van der Waals surface area contributed by atoms with E-state index in [2.05, 4.69) is 34.5 Å². The van der Waals surface area contributed by atoms with Gasteiger partial charge in [0, 0.05) is 18.8 Å². The van der Waals surface area contributed by atoms with E-state index < -0.39 is 0 Å². The zero-order valence-electron chi connectivity index (χ0n) is 13.9. The monoisotopic (exact) mass is 290 g/mol. The molecule has 118 valence electrons. The van der Waals surface area contributed by atoms with Crippen LogP contribution in [0.4, 0.5) is 0 Å². The molecule has 1 aromatic rings. The molecule has 4 nitrogen and oxygen atoms in total. The minimum Gasteiger partial charge on any atom is -0.354 e. The molecule has 0 aliphatic rings. The van der Waals surface area contributed by atoms with Gasteiger partial charge in [-0.1, -0.05) is 38.7 Å². The first-order valence-corrected chi connectivity index (χ1v) is 8.05. The highest BCUT2D eigenvalue weighted by molar-refractivity contribution is 5.79. The van der Waals surface area contributed by atoms with Crippen molar-refractivity contribution in [3.8, 4) is 0 Å². The topological polar surface area (TPSA) is 49.3 Å². The lowest BCUT2D eigenvalue weighted by Gasteiger charge is -2.17. The summed E-state index contributed by atoms with van der Waals surface area (Å²) in [5.74, 6) is 0.848. The highest BCUT2D eigenvalue weighted by Crippen LogP contribution is 2.05. The van der Waals surface area contributed by atoms with Gasteiger partial charge in [0.1, 0.15) is 0 Å². The second kappa shape index (κ2) is 10.2. The fourth-order valence-corrected chi connectivity index (χ4v) is 2.25. The van der Waals surface area contributed by atoms with Crippen LogP contribution >= 0.6 is 0 Å². The van der Waals surface area contributed by atoms with Gasteiger partial charge in [-0.25, -0.2) is 0 Å². The van der Waals surface area contributed by atoms with Crippen LogP contribution in [0.15, 0.2) is 23.2 Å². The molecule has 0 spiro atoms. The maximum absolute atomic E-state index is 4.48. The highest BCUT2D eigenvalue weighted by Gasteiger charge is 2.05. The molecule has 0 bridgehead atoms. The van der Waals surface area contributed by atoms with Crippen molar-refractivity contribution >= 4 is 5.96 Å². The van der Waals surface area contributed by atoms with E-state index in [1.54, 1.807) is 0 Å². The predicted octanol–water partition coefficient (Wildman–Crippen LogP) is 3.41. The van der Waals surface area contributed by atoms with Crippen molar-refractivity contribution in [2.45, 2.75) is 65.5 Å². The molecule has 4 heteroatoms. The lowest BCUT2D eigenvalue weighted by molar-refractivity contribution is 0.537. The number of aryl methyl sites for hydroxylation is 1. The molecule has 0 fully saturated rings. The number of guanidine groups is 1. The second-order valence-corrected chi connectivity index (χ2v) is 5.59. The van der Waals surface area contributed by atoms with Crippen LogP contribution < -0.4 is 10.6 Å². The number of rotatable bonds is 8. The molecule has 1 aromatic heterocycles. The van der Waals surface area contributed by atoms with E-state index in [0.717, 1.165) is 17.3 Å². The normalized spacial score (nSPS) is 13.0. The number of aliphatic imine (C=N–C) groups is 1. The van der Waals surface area contributed by atoms with Gasteiger partial charge in [-0.2, -0.15) is 0 Å². The van der Waals surface area contributed by atoms with Gasteiger partial charge in [0.05, 0.1) is 12.2 Å². The third-order valence-electron chi connectivity index (χ3n) is 3.48. The summed E-state index contributed by atoms with van der Waals surface area (Å²) in [7, 11) is 1.81. The molecule has 2 N–H and O–H groups in total. The van der Waals surface area contributed by atoms with Crippen molar-refractivity contribution in [2.24, 2.45) is 4.99 Å². The van der Waals surface area contributed by atoms with E-state index in [0.29, 0.717) is 12.6 Å². The lowest BCUT2D eigenvalue weighted by atomic mass is 10.1. The number of nitrogens with zero attached hydrogens (tertiary/aromatic N) is 2. The zero-order valence-corrected chi connectivity index (χ0v) is 13.9. The molecule has 1 atom stereocenters. The van der Waals surface area contributed by atoms with Crippen LogP contribution in [0.1, 0.15) is 57.3 Å². The Morgan fingerprint density at radius 1 is 1.29 bits per heavy atom. The summed E-state index contributed by atoms with van der Waals surface area (Å²) in [5, 5.41) is 6.76. The van der Waals surface area contributed by atoms with E-state index in [-0.39, 0.29) is 0 Å². The molecule has 21 heavy (non-hydrogen) atoms. The first-order chi connectivity index (χ1) is 10.2. The SMILES string of the molecule is CCCCCCC(C)NC(=NC)NCc1cccc(C)n1. The average Bonchev–Trinajstić information content (AvgIpc) is 2.48. The first-order valence-electron chi connectivity index (χ1n) is 8.05. The summed E-state index contributed by atoms with van der Waals surface area (Å²) in [6.45, 7) is 7.16. The Morgan fingerprint density at radius 3 is 2.76 bits per heavy atom. The smallest absolute Gasteiger partial charge is 0.191 e. The van der Waals surface area contributed by atoms with Gasteiger partial charge < -0.3 is 10.6 Å². The number of aromatic nitrogens is 1. The molecule has 1 rings (SSSR count). The Hall–Kier alpha value is -1.58. The van der Waals surface area contributed by atoms with E-state index in [1.165, 1.54) is 32.1 Å². The average molecular weight is 290 g/mol. The van der Waals surface area contributed by atoms with Crippen LogP contribution in [0.3, 0.4) is 0 Å². The molecule has 1 heterocycles. The third kappa shape index (κ3) is 7.69. The van der Waals surface area contributed by atoms with Crippen molar-refractivity contribution < 1.29 is 0 Å². The van der Waals surface area contributed by atoms with Gasteiger partial charge in [-0.3, -0.25) is 9.98 Å². The molecule has 0 amide bonds. The van der Waals surface area contributed by atoms with E-state index in [1.807, 2.05) is 32.2 Å². The molecule has 0 radical (unpaired) electrons. The summed E-state index contributed by atoms with van der Waals surface area (Å²) in [6.07, 6.45) is 6.40. The van der Waals surface area contributed by atoms with E-state index >= 15 is 0 Å². The summed E-state index contributed by atoms with van der Waals surface area (Å²) in [4.78, 5) is 8.76. The molecule has 1 unspecified atom stereocenters. The quantitative estimate of drug-likeness (QED) is 0.438. The van der Waals surface area contributed by atoms with E-state index in [4.69, 9.17) is 0 Å². The lowest BCUT2D eigenvalue weighted by Crippen LogP contribution is -2.41. The number of unbranched alkanes of at least 4 members (excludes halogenated alkanes) is 3. The molecular weight excluding hydrogens is 260 g/mol. The zero-order chi connectivity index (χ0) is 15.5. The fourth-order valence-electron chi connectivity index (χ4n) is 2.25. The van der Waals surface area contributed by atoms with Gasteiger partial charge in [-0.15, -0.1) is 0 Å². The van der Waals surface area contributed by atoms with Gasteiger partial charge in [0.2, 0.25) is 0 Å². The summed E-state index contributed by atoms with van der Waals surface area (Å²) >= 11 is 0. The van der Waals surface area contributed by atoms with Crippen LogP contribution in [-0.2, 0) is 6.54 Å². The minimum absolute atomic E-state index is 0.443. The van der Waals surface area contributed by atoms with Gasteiger partial charge in [-0.05, 0) is 32.4 Å². The van der Waals surface area contributed by atoms with Crippen LogP contribution in [0.5, 0.6) is 0 Å². The van der Waals surface area contributed by atoms with Crippen molar-refractivity contribution in [3.05, 3.63) is 29.6 Å². The molecule has 0 saturated heterocycles. The Balaban J connectivity index is 2.31. The summed E-state index contributed by atoms with van der Waals surface area (Å²) in [6, 6.07) is 6.51. The maximum atomic E-state index is 4.48. The van der Waals surface area contributed by atoms with Crippen molar-refractivity contribution in [1.29, 1.82) is 0 Å². The second-order valence-electron chi connectivity index (χ2n) is 5.59. The van der Waals surface area contributed by atoms with Crippen LogP contribution in [0.2, 0.25) is 0 Å². The summed E-state index contributed by atoms with van der Waals surface area (Å²) < 4.78 is 0. The Kier molecular flexibility index (Phi) is 8.48. The molecule has 0 aromatic carbocycles. The standard InChI is InChI=1S/C17H30N4/c1-5-6-7-8-10-15(3)21-17(18-4)19-13-16-12-9-11-14(2)20-16/h9,11-12,15H,5-8,10,13H2,1-4H3,(H2,18,19,21). The van der Waals surface area contributed by atoms with Crippen LogP contribution in [0.25, 0.3) is 0 Å². The number of pyridine rings is 1. The first kappa shape index (κ1) is 17.5. The van der Waals surface area contributed by atoms with Crippen LogP contribution in [0, 0.1) is 6.92 Å². The Bertz CT molecular complexity index is 429. The summed E-state index contributed by atoms with van der Waals surface area (Å²) in [5.41, 5.74) is 2.08. The minimum atomic E-state index is 0.443.